The number of hydrogen-bond donors (Lipinski definition) is 1. The third kappa shape index (κ3) is 3.72. The molecule has 1 aromatic heterocycles. The Hall–Kier alpha value is -2.03. The minimum absolute atomic E-state index is 0.101. The van der Waals surface area contributed by atoms with Crippen LogP contribution in [0, 0.1) is 0 Å². The van der Waals surface area contributed by atoms with Gasteiger partial charge < -0.3 is 5.32 Å². The third-order valence-corrected chi connectivity index (χ3v) is 5.81. The van der Waals surface area contributed by atoms with Crippen LogP contribution in [-0.4, -0.2) is 28.8 Å². The van der Waals surface area contributed by atoms with Gasteiger partial charge in [-0.1, -0.05) is 23.7 Å². The van der Waals surface area contributed by atoms with Crippen molar-refractivity contribution in [1.82, 2.24) is 8.75 Å². The van der Waals surface area contributed by atoms with Crippen molar-refractivity contribution >= 4 is 55.8 Å². The maximum atomic E-state index is 12.5. The van der Waals surface area contributed by atoms with Gasteiger partial charge in [-0.25, -0.2) is 8.42 Å². The number of sulfone groups is 1. The zero-order valence-electron chi connectivity index (χ0n) is 12.3. The normalized spacial score (nSPS) is 11.5. The number of nitrogens with one attached hydrogen (secondary N) is 1. The average molecular weight is 382 g/mol. The molecule has 1 heterocycles. The fourth-order valence-corrected chi connectivity index (χ4v) is 4.36. The first-order valence-corrected chi connectivity index (χ1v) is 9.71. The Labute approximate surface area is 147 Å². The summed E-state index contributed by atoms with van der Waals surface area (Å²) in [6, 6.07) is 11.4. The molecule has 6 nitrogen and oxygen atoms in total. The van der Waals surface area contributed by atoms with E-state index in [1.165, 1.54) is 6.07 Å². The van der Waals surface area contributed by atoms with E-state index in [0.29, 0.717) is 21.7 Å². The standard InChI is InChI=1S/C15H12ClN3O3S2/c16-10-3-1-4-11(9-10)17-14(20)7-8-24(21,22)13-6-2-5-12-15(13)19-23-18-12/h1-6,9H,7-8H2,(H,17,20). The fourth-order valence-electron chi connectivity index (χ4n) is 2.16. The van der Waals surface area contributed by atoms with E-state index in [2.05, 4.69) is 14.1 Å². The van der Waals surface area contributed by atoms with Crippen LogP contribution in [0.2, 0.25) is 5.02 Å². The largest absolute Gasteiger partial charge is 0.326 e. The predicted octanol–water partition coefficient (Wildman–Crippen LogP) is 3.15. The SMILES string of the molecule is O=C(CCS(=O)(=O)c1cccc2nsnc12)Nc1cccc(Cl)c1. The van der Waals surface area contributed by atoms with Gasteiger partial charge in [-0.2, -0.15) is 8.75 Å². The second kappa shape index (κ2) is 6.84. The maximum Gasteiger partial charge on any atom is 0.225 e. The average Bonchev–Trinajstić information content (AvgIpc) is 3.01. The van der Waals surface area contributed by atoms with Gasteiger partial charge in [-0.3, -0.25) is 4.79 Å². The first-order valence-electron chi connectivity index (χ1n) is 6.95. The fraction of sp³-hybridized carbons (Fsp3) is 0.133. The maximum absolute atomic E-state index is 12.5. The predicted molar refractivity (Wildman–Crippen MR) is 94.2 cm³/mol. The van der Waals surface area contributed by atoms with Crippen molar-refractivity contribution in [2.45, 2.75) is 11.3 Å². The van der Waals surface area contributed by atoms with Crippen LogP contribution >= 0.6 is 23.3 Å². The molecule has 0 fully saturated rings. The summed E-state index contributed by atoms with van der Waals surface area (Å²) in [6.07, 6.45) is -0.164. The van der Waals surface area contributed by atoms with Gasteiger partial charge in [-0.05, 0) is 30.3 Å². The Kier molecular flexibility index (Phi) is 4.79. The summed E-state index contributed by atoms with van der Waals surface area (Å²) >= 11 is 6.80. The number of rotatable bonds is 5. The number of benzene rings is 2. The molecule has 124 valence electrons. The number of nitrogens with zero attached hydrogens (tertiary/aromatic N) is 2. The molecule has 1 N–H and O–H groups in total. The number of amides is 1. The minimum atomic E-state index is -3.64. The first-order chi connectivity index (χ1) is 11.5. The Bertz CT molecular complexity index is 1000. The Morgan fingerprint density at radius 1 is 1.17 bits per heavy atom. The van der Waals surface area contributed by atoms with Crippen LogP contribution in [0.1, 0.15) is 6.42 Å². The second-order valence-electron chi connectivity index (χ2n) is 5.02. The zero-order chi connectivity index (χ0) is 17.2. The molecule has 0 atom stereocenters. The van der Waals surface area contributed by atoms with E-state index in [1.807, 2.05) is 0 Å². The van der Waals surface area contributed by atoms with E-state index < -0.39 is 15.7 Å². The van der Waals surface area contributed by atoms with Crippen molar-refractivity contribution < 1.29 is 13.2 Å². The van der Waals surface area contributed by atoms with Gasteiger partial charge in [0.15, 0.2) is 9.84 Å². The van der Waals surface area contributed by atoms with Gasteiger partial charge in [0.05, 0.1) is 22.4 Å². The van der Waals surface area contributed by atoms with Crippen molar-refractivity contribution in [2.24, 2.45) is 0 Å². The quantitative estimate of drug-likeness (QED) is 0.733. The van der Waals surface area contributed by atoms with E-state index in [-0.39, 0.29) is 17.1 Å². The van der Waals surface area contributed by atoms with Crippen LogP contribution < -0.4 is 5.32 Å². The number of hydrogen-bond acceptors (Lipinski definition) is 6. The summed E-state index contributed by atoms with van der Waals surface area (Å²) < 4.78 is 33.0. The number of carbonyl (C=O) groups is 1. The van der Waals surface area contributed by atoms with Gasteiger partial charge in [0.2, 0.25) is 5.91 Å². The van der Waals surface area contributed by atoms with Crippen LogP contribution in [0.25, 0.3) is 11.0 Å². The summed E-state index contributed by atoms with van der Waals surface area (Å²) in [6.45, 7) is 0. The van der Waals surface area contributed by atoms with Crippen molar-refractivity contribution in [3.8, 4) is 0 Å². The second-order valence-corrected chi connectivity index (χ2v) is 8.06. The van der Waals surface area contributed by atoms with Crippen molar-refractivity contribution in [3.63, 3.8) is 0 Å². The monoisotopic (exact) mass is 381 g/mol. The molecule has 0 aliphatic heterocycles. The molecule has 9 heteroatoms. The molecular formula is C15H12ClN3O3S2. The first kappa shape index (κ1) is 16.8. The minimum Gasteiger partial charge on any atom is -0.326 e. The van der Waals surface area contributed by atoms with Gasteiger partial charge in [0.25, 0.3) is 0 Å². The smallest absolute Gasteiger partial charge is 0.225 e. The molecule has 0 radical (unpaired) electrons. The molecular weight excluding hydrogens is 370 g/mol. The summed E-state index contributed by atoms with van der Waals surface area (Å²) in [7, 11) is -3.64. The summed E-state index contributed by atoms with van der Waals surface area (Å²) in [5.74, 6) is -0.708. The number of fused-ring (bicyclic) bond motifs is 1. The highest BCUT2D eigenvalue weighted by Crippen LogP contribution is 2.23. The van der Waals surface area contributed by atoms with Gasteiger partial charge in [0, 0.05) is 17.1 Å². The molecule has 0 bridgehead atoms. The number of anilines is 1. The highest BCUT2D eigenvalue weighted by atomic mass is 35.5. The molecule has 3 aromatic rings. The molecule has 0 spiro atoms. The molecule has 0 saturated heterocycles. The topological polar surface area (TPSA) is 89.0 Å². The van der Waals surface area contributed by atoms with E-state index in [0.717, 1.165) is 11.7 Å². The molecule has 0 aliphatic carbocycles. The lowest BCUT2D eigenvalue weighted by Crippen LogP contribution is -2.17. The van der Waals surface area contributed by atoms with E-state index in [1.54, 1.807) is 36.4 Å². The van der Waals surface area contributed by atoms with Crippen LogP contribution in [0.4, 0.5) is 5.69 Å². The summed E-state index contributed by atoms with van der Waals surface area (Å²) in [4.78, 5) is 12.1. The van der Waals surface area contributed by atoms with Crippen molar-refractivity contribution in [2.75, 3.05) is 11.1 Å². The molecule has 0 saturated carbocycles. The Morgan fingerprint density at radius 3 is 2.75 bits per heavy atom. The van der Waals surface area contributed by atoms with E-state index in [4.69, 9.17) is 11.6 Å². The van der Waals surface area contributed by atoms with E-state index >= 15 is 0 Å². The molecule has 1 amide bonds. The van der Waals surface area contributed by atoms with Gasteiger partial charge in [0.1, 0.15) is 11.0 Å². The Morgan fingerprint density at radius 2 is 1.96 bits per heavy atom. The lowest BCUT2D eigenvalue weighted by Gasteiger charge is -2.07. The lowest BCUT2D eigenvalue weighted by molar-refractivity contribution is -0.115. The van der Waals surface area contributed by atoms with Crippen molar-refractivity contribution in [3.05, 3.63) is 47.5 Å². The zero-order valence-corrected chi connectivity index (χ0v) is 14.7. The number of halogens is 1. The Balaban J connectivity index is 1.71. The molecule has 0 unspecified atom stereocenters. The number of carbonyl (C=O) groups excluding carboxylic acids is 1. The van der Waals surface area contributed by atoms with Gasteiger partial charge >= 0.3 is 0 Å². The molecule has 0 aliphatic rings. The summed E-state index contributed by atoms with van der Waals surface area (Å²) in [5, 5.41) is 3.11. The highest BCUT2D eigenvalue weighted by Gasteiger charge is 2.21. The summed E-state index contributed by atoms with van der Waals surface area (Å²) in [5.41, 5.74) is 1.40. The van der Waals surface area contributed by atoms with E-state index in [9.17, 15) is 13.2 Å². The van der Waals surface area contributed by atoms with Crippen molar-refractivity contribution in [1.29, 1.82) is 0 Å². The lowest BCUT2D eigenvalue weighted by atomic mass is 10.3. The third-order valence-electron chi connectivity index (χ3n) is 3.29. The van der Waals surface area contributed by atoms with Gasteiger partial charge in [-0.15, -0.1) is 0 Å². The van der Waals surface area contributed by atoms with Crippen LogP contribution in [0.15, 0.2) is 47.4 Å². The van der Waals surface area contributed by atoms with Crippen LogP contribution in [0.3, 0.4) is 0 Å². The molecule has 3 rings (SSSR count). The van der Waals surface area contributed by atoms with Crippen LogP contribution in [-0.2, 0) is 14.6 Å². The number of aromatic nitrogens is 2. The van der Waals surface area contributed by atoms with Crippen LogP contribution in [0.5, 0.6) is 0 Å². The molecule has 24 heavy (non-hydrogen) atoms. The highest BCUT2D eigenvalue weighted by molar-refractivity contribution is 7.91. The molecule has 2 aromatic carbocycles.